The molecule has 1 aliphatic heterocycles. The van der Waals surface area contributed by atoms with E-state index in [-0.39, 0.29) is 54.4 Å². The molecule has 0 radical (unpaired) electrons. The van der Waals surface area contributed by atoms with Gasteiger partial charge in [0.05, 0.1) is 44.2 Å². The standard InChI is InChI=1S/C40H57BN2O7/c1-9-10-11-26-12-15-28(16-13-26)31(44)21-29(24-42-37(45)20-27-14-17-32(47-7)33(19-27)48-8)38(46)43-36(18-25(2)3)41-49-35-23-30-22-34(39(30,4)5)40(35,6)50-41/h12-17,19,25,29-30,34-36H,9-11,18,20-24H2,1-8H3,(H,42,45)(H,43,46)/t29-,30-,34-,35+,36-,40-/m0/s1. The highest BCUT2D eigenvalue weighted by molar-refractivity contribution is 6.47. The number of rotatable bonds is 17. The van der Waals surface area contributed by atoms with E-state index in [4.69, 9.17) is 18.8 Å². The Morgan fingerprint density at radius 1 is 0.980 bits per heavy atom. The molecule has 0 spiro atoms. The molecule has 3 aliphatic carbocycles. The van der Waals surface area contributed by atoms with E-state index in [1.807, 2.05) is 24.3 Å². The Morgan fingerprint density at radius 3 is 2.32 bits per heavy atom. The van der Waals surface area contributed by atoms with Crippen LogP contribution >= 0.6 is 0 Å². The molecule has 2 bridgehead atoms. The van der Waals surface area contributed by atoms with E-state index in [2.05, 4.69) is 52.2 Å². The van der Waals surface area contributed by atoms with E-state index in [0.717, 1.165) is 37.7 Å². The maximum Gasteiger partial charge on any atom is 0.481 e. The Morgan fingerprint density at radius 2 is 1.68 bits per heavy atom. The first-order valence-corrected chi connectivity index (χ1v) is 18.5. The second-order valence-corrected chi connectivity index (χ2v) is 15.9. The molecule has 4 aliphatic rings. The highest BCUT2D eigenvalue weighted by atomic mass is 16.7. The number of carbonyl (C=O) groups excluding carboxylic acids is 3. The maximum atomic E-state index is 14.2. The number of benzene rings is 2. The first kappa shape index (κ1) is 37.9. The number of nitrogens with one attached hydrogen (secondary N) is 2. The lowest BCUT2D eigenvalue weighted by molar-refractivity contribution is -0.199. The van der Waals surface area contributed by atoms with E-state index in [1.54, 1.807) is 32.4 Å². The summed E-state index contributed by atoms with van der Waals surface area (Å²) in [5.74, 6) is 0.489. The van der Waals surface area contributed by atoms with Crippen molar-refractivity contribution in [3.05, 3.63) is 59.2 Å². The zero-order chi connectivity index (χ0) is 36.2. The SMILES string of the molecule is CCCCc1ccc(C(=O)C[C@@H](CNC(=O)Cc2ccc(OC)c(OC)c2)C(=O)N[C@@H](CC(C)C)B2O[C@@H]3C[C@@H]4C[C@@H](C4(C)C)[C@]3(C)O2)cc1. The zero-order valence-corrected chi connectivity index (χ0v) is 31.3. The predicted octanol–water partition coefficient (Wildman–Crippen LogP) is 6.39. The van der Waals surface area contributed by atoms with Gasteiger partial charge in [-0.05, 0) is 85.5 Å². The molecule has 2 aromatic rings. The summed E-state index contributed by atoms with van der Waals surface area (Å²) in [5, 5.41) is 6.17. The molecule has 1 saturated heterocycles. The van der Waals surface area contributed by atoms with Gasteiger partial charge in [-0.2, -0.15) is 0 Å². The summed E-state index contributed by atoms with van der Waals surface area (Å²) in [6.07, 6.45) is 5.93. The van der Waals surface area contributed by atoms with E-state index in [0.29, 0.717) is 35.3 Å². The second kappa shape index (κ2) is 15.9. The predicted molar refractivity (Wildman–Crippen MR) is 195 cm³/mol. The van der Waals surface area contributed by atoms with Gasteiger partial charge in [0.2, 0.25) is 11.8 Å². The van der Waals surface area contributed by atoms with Gasteiger partial charge in [-0.1, -0.05) is 71.4 Å². The Labute approximate surface area is 299 Å². The van der Waals surface area contributed by atoms with Crippen LogP contribution in [0.4, 0.5) is 0 Å². The average Bonchev–Trinajstić information content (AvgIpc) is 3.46. The normalized spacial score (nSPS) is 24.5. The molecule has 272 valence electrons. The highest BCUT2D eigenvalue weighted by Gasteiger charge is 2.68. The van der Waals surface area contributed by atoms with Crippen LogP contribution in [0.1, 0.15) is 102 Å². The van der Waals surface area contributed by atoms with Gasteiger partial charge in [0.25, 0.3) is 0 Å². The van der Waals surface area contributed by atoms with Crippen LogP contribution in [0.5, 0.6) is 11.5 Å². The van der Waals surface area contributed by atoms with Gasteiger partial charge < -0.3 is 29.4 Å². The number of unbranched alkanes of at least 4 members (excludes halogenated alkanes) is 1. The summed E-state index contributed by atoms with van der Waals surface area (Å²) < 4.78 is 24.1. The summed E-state index contributed by atoms with van der Waals surface area (Å²) in [4.78, 5) is 41.0. The number of carbonyl (C=O) groups is 3. The molecule has 0 aromatic heterocycles. The average molecular weight is 689 g/mol. The topological polar surface area (TPSA) is 112 Å². The molecule has 3 saturated carbocycles. The van der Waals surface area contributed by atoms with Gasteiger partial charge in [0.15, 0.2) is 17.3 Å². The van der Waals surface area contributed by atoms with Crippen molar-refractivity contribution >= 4 is 24.7 Å². The summed E-state index contributed by atoms with van der Waals surface area (Å²) >= 11 is 0. The van der Waals surface area contributed by atoms with Crippen LogP contribution in [0.25, 0.3) is 0 Å². The number of amides is 2. The van der Waals surface area contributed by atoms with Gasteiger partial charge in [0, 0.05) is 18.5 Å². The van der Waals surface area contributed by atoms with Crippen LogP contribution in [0.2, 0.25) is 0 Å². The molecule has 10 heteroatoms. The lowest BCUT2D eigenvalue weighted by Crippen LogP contribution is -2.65. The third-order valence-corrected chi connectivity index (χ3v) is 11.6. The first-order chi connectivity index (χ1) is 23.8. The van der Waals surface area contributed by atoms with Crippen molar-refractivity contribution in [3.8, 4) is 11.5 Å². The first-order valence-electron chi connectivity index (χ1n) is 18.5. The number of ketones is 1. The minimum Gasteiger partial charge on any atom is -0.493 e. The Bertz CT molecular complexity index is 1510. The summed E-state index contributed by atoms with van der Waals surface area (Å²) in [6, 6.07) is 13.0. The van der Waals surface area contributed by atoms with Crippen LogP contribution in [0.15, 0.2) is 42.5 Å². The molecule has 9 nitrogen and oxygen atoms in total. The number of hydrogen-bond donors (Lipinski definition) is 2. The number of Topliss-reactive ketones (excluding diaryl/α,β-unsaturated/α-hetero) is 1. The van der Waals surface area contributed by atoms with Crippen molar-refractivity contribution < 1.29 is 33.2 Å². The fourth-order valence-electron chi connectivity index (χ4n) is 8.43. The van der Waals surface area contributed by atoms with Crippen LogP contribution < -0.4 is 20.1 Å². The number of methoxy groups -OCH3 is 2. The van der Waals surface area contributed by atoms with Gasteiger partial charge in [-0.25, -0.2) is 0 Å². The molecule has 1 heterocycles. The molecule has 2 aromatic carbocycles. The molecule has 2 amide bonds. The van der Waals surface area contributed by atoms with Crippen molar-refractivity contribution in [1.29, 1.82) is 0 Å². The minimum absolute atomic E-state index is 0.00983. The highest BCUT2D eigenvalue weighted by Crippen LogP contribution is 2.65. The molecule has 4 fully saturated rings. The van der Waals surface area contributed by atoms with Crippen molar-refractivity contribution in [2.24, 2.45) is 29.1 Å². The molecule has 6 atom stereocenters. The number of aryl methyl sites for hydroxylation is 1. The third kappa shape index (κ3) is 8.23. The smallest absolute Gasteiger partial charge is 0.481 e. The van der Waals surface area contributed by atoms with Crippen molar-refractivity contribution in [3.63, 3.8) is 0 Å². The zero-order valence-electron chi connectivity index (χ0n) is 31.3. The fraction of sp³-hybridized carbons (Fsp3) is 0.625. The van der Waals surface area contributed by atoms with Crippen LogP contribution in [-0.2, 0) is 31.7 Å². The summed E-state index contributed by atoms with van der Waals surface area (Å²) in [7, 11) is 2.52. The van der Waals surface area contributed by atoms with E-state index < -0.39 is 24.6 Å². The summed E-state index contributed by atoms with van der Waals surface area (Å²) in [6.45, 7) is 13.2. The number of ether oxygens (including phenoxy) is 2. The van der Waals surface area contributed by atoms with Crippen molar-refractivity contribution in [2.45, 2.75) is 111 Å². The van der Waals surface area contributed by atoms with E-state index >= 15 is 0 Å². The summed E-state index contributed by atoms with van der Waals surface area (Å²) in [5.41, 5.74) is 2.28. The van der Waals surface area contributed by atoms with Crippen molar-refractivity contribution in [1.82, 2.24) is 10.6 Å². The lowest BCUT2D eigenvalue weighted by Gasteiger charge is -2.64. The molecular formula is C40H57BN2O7. The third-order valence-electron chi connectivity index (χ3n) is 11.6. The Kier molecular flexibility index (Phi) is 12.0. The number of hydrogen-bond acceptors (Lipinski definition) is 7. The maximum absolute atomic E-state index is 14.2. The minimum atomic E-state index is -0.794. The lowest BCUT2D eigenvalue weighted by atomic mass is 9.43. The van der Waals surface area contributed by atoms with Crippen LogP contribution in [0, 0.1) is 29.1 Å². The second-order valence-electron chi connectivity index (χ2n) is 15.9. The molecule has 50 heavy (non-hydrogen) atoms. The molecule has 2 N–H and O–H groups in total. The molecule has 0 unspecified atom stereocenters. The van der Waals surface area contributed by atoms with Gasteiger partial charge in [0.1, 0.15) is 0 Å². The molecule has 6 rings (SSSR count). The quantitative estimate of drug-likeness (QED) is 0.146. The largest absolute Gasteiger partial charge is 0.493 e. The monoisotopic (exact) mass is 688 g/mol. The van der Waals surface area contributed by atoms with Gasteiger partial charge in [-0.15, -0.1) is 0 Å². The van der Waals surface area contributed by atoms with Crippen molar-refractivity contribution in [2.75, 3.05) is 20.8 Å². The molecular weight excluding hydrogens is 631 g/mol. The van der Waals surface area contributed by atoms with E-state index in [9.17, 15) is 14.4 Å². The Balaban J connectivity index is 1.30. The van der Waals surface area contributed by atoms with Gasteiger partial charge in [-0.3, -0.25) is 14.4 Å². The Hall–Kier alpha value is -3.37. The van der Waals surface area contributed by atoms with Gasteiger partial charge >= 0.3 is 7.12 Å². The van der Waals surface area contributed by atoms with Crippen LogP contribution in [-0.4, -0.2) is 63.1 Å². The van der Waals surface area contributed by atoms with Crippen LogP contribution in [0.3, 0.4) is 0 Å². The fourth-order valence-corrected chi connectivity index (χ4v) is 8.43. The van der Waals surface area contributed by atoms with E-state index in [1.165, 1.54) is 5.56 Å².